The average molecular weight is 316 g/mol. The van der Waals surface area contributed by atoms with Crippen LogP contribution in [0.5, 0.6) is 0 Å². The summed E-state index contributed by atoms with van der Waals surface area (Å²) in [7, 11) is -1.54. The zero-order valence-corrected chi connectivity index (χ0v) is 14.3. The van der Waals surface area contributed by atoms with Crippen molar-refractivity contribution in [2.45, 2.75) is 51.1 Å². The highest BCUT2D eigenvalue weighted by molar-refractivity contribution is 7.89. The van der Waals surface area contributed by atoms with Gasteiger partial charge in [-0.05, 0) is 50.6 Å². The van der Waals surface area contributed by atoms with E-state index in [1.165, 1.54) is 11.3 Å². The molecule has 1 fully saturated rings. The number of aryl methyl sites for hydroxylation is 1. The van der Waals surface area contributed by atoms with Crippen molar-refractivity contribution in [3.63, 3.8) is 0 Å². The minimum absolute atomic E-state index is 0.0792. The van der Waals surface area contributed by atoms with Crippen LogP contribution in [-0.2, 0) is 16.6 Å². The summed E-state index contributed by atoms with van der Waals surface area (Å²) in [6, 6.07) is 0.0792. The third-order valence-electron chi connectivity index (χ3n) is 4.21. The molecule has 0 spiro atoms. The summed E-state index contributed by atoms with van der Waals surface area (Å²) >= 11 is 1.53. The third kappa shape index (κ3) is 2.79. The zero-order chi connectivity index (χ0) is 14.9. The number of nitrogens with zero attached hydrogens (tertiary/aromatic N) is 1. The van der Waals surface area contributed by atoms with Crippen LogP contribution in [0, 0.1) is 12.8 Å². The molecule has 0 radical (unpaired) electrons. The molecule has 1 saturated heterocycles. The second-order valence-electron chi connectivity index (χ2n) is 5.68. The first-order valence-electron chi connectivity index (χ1n) is 7.13. The SMILES string of the molecule is CNCc1scc(C)c1S(=O)(=O)N1CCCC(C)C1C. The Morgan fingerprint density at radius 2 is 2.15 bits per heavy atom. The van der Waals surface area contributed by atoms with E-state index in [4.69, 9.17) is 0 Å². The van der Waals surface area contributed by atoms with Crippen molar-refractivity contribution in [2.75, 3.05) is 13.6 Å². The van der Waals surface area contributed by atoms with Gasteiger partial charge < -0.3 is 5.32 Å². The molecule has 0 saturated carbocycles. The second kappa shape index (κ2) is 6.13. The van der Waals surface area contributed by atoms with Crippen molar-refractivity contribution in [1.29, 1.82) is 0 Å². The van der Waals surface area contributed by atoms with E-state index < -0.39 is 10.0 Å². The molecule has 1 aromatic heterocycles. The Morgan fingerprint density at radius 3 is 2.80 bits per heavy atom. The lowest BCUT2D eigenvalue weighted by Gasteiger charge is -2.37. The van der Waals surface area contributed by atoms with E-state index in [9.17, 15) is 8.42 Å². The Morgan fingerprint density at radius 1 is 1.45 bits per heavy atom. The molecule has 1 aromatic rings. The summed E-state index contributed by atoms with van der Waals surface area (Å²) < 4.78 is 27.8. The third-order valence-corrected chi connectivity index (χ3v) is 7.66. The van der Waals surface area contributed by atoms with E-state index in [0.29, 0.717) is 23.9 Å². The minimum Gasteiger partial charge on any atom is -0.315 e. The van der Waals surface area contributed by atoms with Crippen molar-refractivity contribution in [2.24, 2.45) is 5.92 Å². The van der Waals surface area contributed by atoms with Crippen molar-refractivity contribution in [3.8, 4) is 0 Å². The lowest BCUT2D eigenvalue weighted by Crippen LogP contribution is -2.46. The molecule has 2 heterocycles. The zero-order valence-electron chi connectivity index (χ0n) is 12.6. The molecule has 0 aliphatic carbocycles. The predicted octanol–water partition coefficient (Wildman–Crippen LogP) is 2.59. The predicted molar refractivity (Wildman–Crippen MR) is 83.6 cm³/mol. The molecule has 2 atom stereocenters. The van der Waals surface area contributed by atoms with Crippen LogP contribution in [0.4, 0.5) is 0 Å². The van der Waals surface area contributed by atoms with Crippen LogP contribution < -0.4 is 5.32 Å². The molecule has 0 aromatic carbocycles. The molecule has 0 amide bonds. The average Bonchev–Trinajstić information content (AvgIpc) is 2.75. The van der Waals surface area contributed by atoms with E-state index in [2.05, 4.69) is 12.2 Å². The second-order valence-corrected chi connectivity index (χ2v) is 8.47. The topological polar surface area (TPSA) is 49.4 Å². The Bertz CT molecular complexity index is 566. The Kier molecular flexibility index (Phi) is 4.89. The highest BCUT2D eigenvalue weighted by Crippen LogP contribution is 2.34. The fourth-order valence-electron chi connectivity index (χ4n) is 2.87. The van der Waals surface area contributed by atoms with Crippen LogP contribution in [0.15, 0.2) is 10.3 Å². The lowest BCUT2D eigenvalue weighted by molar-refractivity contribution is 0.202. The number of hydrogen-bond acceptors (Lipinski definition) is 4. The van der Waals surface area contributed by atoms with Crippen molar-refractivity contribution in [1.82, 2.24) is 9.62 Å². The highest BCUT2D eigenvalue weighted by Gasteiger charge is 2.36. The molecule has 0 bridgehead atoms. The summed E-state index contributed by atoms with van der Waals surface area (Å²) in [5, 5.41) is 5.00. The normalized spacial score (nSPS) is 25.0. The number of piperidine rings is 1. The van der Waals surface area contributed by atoms with Crippen LogP contribution in [0.1, 0.15) is 37.1 Å². The first kappa shape index (κ1) is 15.9. The Labute approximate surface area is 126 Å². The standard InChI is InChI=1S/C14H24N2O2S2/c1-10-6-5-7-16(12(10)3)20(17,18)14-11(2)9-19-13(14)8-15-4/h9-10,12,15H,5-8H2,1-4H3. The Hall–Kier alpha value is -0.430. The van der Waals surface area contributed by atoms with Crippen LogP contribution in [0.2, 0.25) is 0 Å². The molecule has 1 aliphatic rings. The van der Waals surface area contributed by atoms with E-state index >= 15 is 0 Å². The fraction of sp³-hybridized carbons (Fsp3) is 0.714. The van der Waals surface area contributed by atoms with Gasteiger partial charge in [0.25, 0.3) is 0 Å². The highest BCUT2D eigenvalue weighted by atomic mass is 32.2. The quantitative estimate of drug-likeness (QED) is 0.929. The summed E-state index contributed by atoms with van der Waals surface area (Å²) in [5.41, 5.74) is 0.866. The van der Waals surface area contributed by atoms with Gasteiger partial charge in [-0.3, -0.25) is 0 Å². The number of sulfonamides is 1. The van der Waals surface area contributed by atoms with Gasteiger partial charge >= 0.3 is 0 Å². The number of rotatable bonds is 4. The van der Waals surface area contributed by atoms with Gasteiger partial charge in [-0.15, -0.1) is 11.3 Å². The summed E-state index contributed by atoms with van der Waals surface area (Å²) in [5.74, 6) is 0.421. The van der Waals surface area contributed by atoms with Crippen molar-refractivity contribution >= 4 is 21.4 Å². The lowest BCUT2D eigenvalue weighted by atomic mass is 9.94. The summed E-state index contributed by atoms with van der Waals surface area (Å²) in [4.78, 5) is 1.44. The molecule has 1 N–H and O–H groups in total. The maximum Gasteiger partial charge on any atom is 0.244 e. The Balaban J connectivity index is 2.42. The molecular formula is C14H24N2O2S2. The largest absolute Gasteiger partial charge is 0.315 e. The van der Waals surface area contributed by atoms with E-state index in [1.54, 1.807) is 4.31 Å². The molecule has 1 aliphatic heterocycles. The van der Waals surface area contributed by atoms with Crippen LogP contribution in [0.25, 0.3) is 0 Å². The minimum atomic E-state index is -3.38. The van der Waals surface area contributed by atoms with Gasteiger partial charge in [0, 0.05) is 24.0 Å². The van der Waals surface area contributed by atoms with Gasteiger partial charge in [-0.1, -0.05) is 6.92 Å². The number of thiophene rings is 1. The van der Waals surface area contributed by atoms with E-state index in [-0.39, 0.29) is 6.04 Å². The fourth-order valence-corrected chi connectivity index (χ4v) is 6.41. The van der Waals surface area contributed by atoms with Gasteiger partial charge in [-0.25, -0.2) is 8.42 Å². The van der Waals surface area contributed by atoms with Crippen molar-refractivity contribution < 1.29 is 8.42 Å². The number of nitrogens with one attached hydrogen (secondary N) is 1. The molecule has 6 heteroatoms. The van der Waals surface area contributed by atoms with Gasteiger partial charge in [0.2, 0.25) is 10.0 Å². The monoisotopic (exact) mass is 316 g/mol. The number of hydrogen-bond donors (Lipinski definition) is 1. The van der Waals surface area contributed by atoms with Gasteiger partial charge in [0.15, 0.2) is 0 Å². The molecule has 2 rings (SSSR count). The first-order chi connectivity index (χ1) is 9.39. The smallest absolute Gasteiger partial charge is 0.244 e. The van der Waals surface area contributed by atoms with E-state index in [0.717, 1.165) is 23.3 Å². The molecule has 20 heavy (non-hydrogen) atoms. The molecule has 4 nitrogen and oxygen atoms in total. The van der Waals surface area contributed by atoms with Crippen molar-refractivity contribution in [3.05, 3.63) is 15.8 Å². The van der Waals surface area contributed by atoms with E-state index in [1.807, 2.05) is 26.3 Å². The van der Waals surface area contributed by atoms with Crippen LogP contribution >= 0.6 is 11.3 Å². The maximum absolute atomic E-state index is 13.0. The van der Waals surface area contributed by atoms with Gasteiger partial charge in [-0.2, -0.15) is 4.31 Å². The molecular weight excluding hydrogens is 292 g/mol. The summed E-state index contributed by atoms with van der Waals surface area (Å²) in [6.45, 7) is 7.30. The summed E-state index contributed by atoms with van der Waals surface area (Å²) in [6.07, 6.45) is 2.06. The molecule has 114 valence electrons. The maximum atomic E-state index is 13.0. The first-order valence-corrected chi connectivity index (χ1v) is 9.45. The van der Waals surface area contributed by atoms with Crippen LogP contribution in [-0.4, -0.2) is 32.4 Å². The van der Waals surface area contributed by atoms with Gasteiger partial charge in [0.1, 0.15) is 4.90 Å². The van der Waals surface area contributed by atoms with Crippen LogP contribution in [0.3, 0.4) is 0 Å². The molecule has 2 unspecified atom stereocenters. The van der Waals surface area contributed by atoms with Gasteiger partial charge in [0.05, 0.1) is 0 Å².